The van der Waals surface area contributed by atoms with Gasteiger partial charge in [0.1, 0.15) is 5.69 Å². The van der Waals surface area contributed by atoms with Crippen LogP contribution in [0.1, 0.15) is 43.1 Å². The van der Waals surface area contributed by atoms with E-state index < -0.39 is 6.04 Å². The van der Waals surface area contributed by atoms with Gasteiger partial charge in [0.2, 0.25) is 11.8 Å². The Hall–Kier alpha value is -1.80. The van der Waals surface area contributed by atoms with E-state index in [-0.39, 0.29) is 5.41 Å². The zero-order valence-corrected chi connectivity index (χ0v) is 13.6. The van der Waals surface area contributed by atoms with Gasteiger partial charge in [-0.15, -0.1) is 5.10 Å². The molecule has 0 aliphatic carbocycles. The van der Waals surface area contributed by atoms with Crippen LogP contribution in [0.5, 0.6) is 11.8 Å². The van der Waals surface area contributed by atoms with Crippen molar-refractivity contribution < 1.29 is 9.47 Å². The summed E-state index contributed by atoms with van der Waals surface area (Å²) in [6.45, 7) is 6.20. The van der Waals surface area contributed by atoms with E-state index in [4.69, 9.17) is 15.2 Å². The molecule has 2 N–H and O–H groups in total. The summed E-state index contributed by atoms with van der Waals surface area (Å²) >= 11 is 1.27. The van der Waals surface area contributed by atoms with Crippen LogP contribution in [0, 0.1) is 0 Å². The molecule has 0 aliphatic heterocycles. The van der Waals surface area contributed by atoms with Gasteiger partial charge < -0.3 is 15.2 Å². The van der Waals surface area contributed by atoms with Crippen molar-refractivity contribution in [2.24, 2.45) is 5.73 Å². The molecule has 21 heavy (non-hydrogen) atoms. The van der Waals surface area contributed by atoms with Crippen LogP contribution in [-0.2, 0) is 5.41 Å². The highest BCUT2D eigenvalue weighted by atomic mass is 32.1. The fraction of sp³-hybridized carbons (Fsp3) is 0.538. The first-order chi connectivity index (χ1) is 9.88. The summed E-state index contributed by atoms with van der Waals surface area (Å²) in [5.41, 5.74) is 7.59. The second-order valence-corrected chi connectivity index (χ2v) is 6.31. The maximum atomic E-state index is 6.33. The Bertz CT molecular complexity index is 623. The van der Waals surface area contributed by atoms with Crippen molar-refractivity contribution in [3.05, 3.63) is 22.5 Å². The maximum absolute atomic E-state index is 6.33. The van der Waals surface area contributed by atoms with Crippen LogP contribution in [-0.4, -0.2) is 33.8 Å². The van der Waals surface area contributed by atoms with E-state index in [1.54, 1.807) is 0 Å². The van der Waals surface area contributed by atoms with Gasteiger partial charge in [-0.05, 0) is 11.5 Å². The number of ether oxygens (including phenoxy) is 2. The summed E-state index contributed by atoms with van der Waals surface area (Å²) in [4.78, 5) is 9.38. The molecule has 2 heterocycles. The summed E-state index contributed by atoms with van der Waals surface area (Å²) in [6, 6.07) is -0.493. The van der Waals surface area contributed by atoms with Gasteiger partial charge in [0.05, 0.1) is 37.0 Å². The van der Waals surface area contributed by atoms with Crippen LogP contribution in [0.15, 0.2) is 6.20 Å². The fourth-order valence-corrected chi connectivity index (χ4v) is 2.74. The molecule has 7 nitrogen and oxygen atoms in total. The molecule has 0 aliphatic rings. The molecule has 0 aromatic carbocycles. The van der Waals surface area contributed by atoms with Gasteiger partial charge in [-0.2, -0.15) is 4.98 Å². The molecule has 1 unspecified atom stereocenters. The van der Waals surface area contributed by atoms with Crippen molar-refractivity contribution in [1.82, 2.24) is 19.6 Å². The van der Waals surface area contributed by atoms with Gasteiger partial charge >= 0.3 is 0 Å². The molecule has 0 saturated heterocycles. The molecule has 0 saturated carbocycles. The molecule has 2 aromatic heterocycles. The molecule has 0 spiro atoms. The molecular weight excluding hydrogens is 290 g/mol. The van der Waals surface area contributed by atoms with Gasteiger partial charge in [-0.25, -0.2) is 4.98 Å². The second kappa shape index (κ2) is 5.90. The number of rotatable bonds is 4. The number of hydrogen-bond donors (Lipinski definition) is 1. The van der Waals surface area contributed by atoms with Crippen molar-refractivity contribution >= 4 is 11.5 Å². The van der Waals surface area contributed by atoms with Gasteiger partial charge in [0, 0.05) is 5.41 Å². The highest BCUT2D eigenvalue weighted by molar-refractivity contribution is 7.05. The molecule has 0 fully saturated rings. The smallest absolute Gasteiger partial charge is 0.240 e. The van der Waals surface area contributed by atoms with Crippen LogP contribution < -0.4 is 15.2 Å². The Labute approximate surface area is 127 Å². The monoisotopic (exact) mass is 309 g/mol. The first kappa shape index (κ1) is 15.6. The SMILES string of the molecule is COc1cnc(C(N)c2snnc2C(C)(C)C)c(OC)n1. The summed E-state index contributed by atoms with van der Waals surface area (Å²) in [5.74, 6) is 0.719. The normalized spacial score (nSPS) is 13.0. The van der Waals surface area contributed by atoms with Crippen molar-refractivity contribution in [3.8, 4) is 11.8 Å². The summed E-state index contributed by atoms with van der Waals surface area (Å²) in [5, 5.41) is 4.20. The average Bonchev–Trinajstić information content (AvgIpc) is 2.95. The van der Waals surface area contributed by atoms with Gasteiger partial charge in [0.15, 0.2) is 0 Å². The third-order valence-corrected chi connectivity index (χ3v) is 3.76. The summed E-state index contributed by atoms with van der Waals surface area (Å²) in [7, 11) is 3.04. The molecule has 114 valence electrons. The Morgan fingerprint density at radius 2 is 1.95 bits per heavy atom. The van der Waals surface area contributed by atoms with Crippen molar-refractivity contribution in [3.63, 3.8) is 0 Å². The molecule has 0 amide bonds. The Morgan fingerprint density at radius 3 is 2.52 bits per heavy atom. The Kier molecular flexibility index (Phi) is 4.38. The fourth-order valence-electron chi connectivity index (χ4n) is 1.87. The van der Waals surface area contributed by atoms with E-state index in [9.17, 15) is 0 Å². The van der Waals surface area contributed by atoms with Crippen LogP contribution in [0.4, 0.5) is 0 Å². The molecule has 0 radical (unpaired) electrons. The lowest BCUT2D eigenvalue weighted by atomic mass is 9.89. The van der Waals surface area contributed by atoms with Gasteiger partial charge in [-0.1, -0.05) is 25.3 Å². The molecule has 2 rings (SSSR count). The number of aromatic nitrogens is 4. The largest absolute Gasteiger partial charge is 0.480 e. The number of nitrogens with zero attached hydrogens (tertiary/aromatic N) is 4. The van der Waals surface area contributed by atoms with Crippen LogP contribution in [0.2, 0.25) is 0 Å². The van der Waals surface area contributed by atoms with Crippen molar-refractivity contribution in [2.75, 3.05) is 14.2 Å². The zero-order valence-electron chi connectivity index (χ0n) is 12.7. The minimum atomic E-state index is -0.493. The molecule has 8 heteroatoms. The predicted octanol–water partition coefficient (Wildman–Crippen LogP) is 1.69. The first-order valence-corrected chi connectivity index (χ1v) is 7.19. The lowest BCUT2D eigenvalue weighted by Crippen LogP contribution is -2.21. The second-order valence-electron chi connectivity index (χ2n) is 5.52. The highest BCUT2D eigenvalue weighted by Gasteiger charge is 2.29. The van der Waals surface area contributed by atoms with E-state index in [2.05, 4.69) is 40.3 Å². The standard InChI is InChI=1S/C13H19N5O2S/c1-13(2,3)11-10(21-18-17-11)8(14)9-12(20-5)16-7(19-4)6-15-9/h6,8H,14H2,1-5H3. The molecule has 1 atom stereocenters. The third kappa shape index (κ3) is 3.11. The number of hydrogen-bond acceptors (Lipinski definition) is 8. The van der Waals surface area contributed by atoms with E-state index in [0.29, 0.717) is 17.5 Å². The van der Waals surface area contributed by atoms with Crippen LogP contribution >= 0.6 is 11.5 Å². The van der Waals surface area contributed by atoms with Crippen LogP contribution in [0.3, 0.4) is 0 Å². The average molecular weight is 309 g/mol. The van der Waals surface area contributed by atoms with E-state index in [1.807, 2.05) is 0 Å². The maximum Gasteiger partial charge on any atom is 0.240 e. The lowest BCUT2D eigenvalue weighted by molar-refractivity contribution is 0.355. The Balaban J connectivity index is 2.46. The highest BCUT2D eigenvalue weighted by Crippen LogP contribution is 2.34. The topological polar surface area (TPSA) is 96.0 Å². The minimum absolute atomic E-state index is 0.146. The summed E-state index contributed by atoms with van der Waals surface area (Å²) < 4.78 is 14.3. The number of methoxy groups -OCH3 is 2. The third-order valence-electron chi connectivity index (χ3n) is 2.95. The molecule has 2 aromatic rings. The van der Waals surface area contributed by atoms with E-state index in [1.165, 1.54) is 31.9 Å². The molecular formula is C13H19N5O2S. The Morgan fingerprint density at radius 1 is 1.24 bits per heavy atom. The quantitative estimate of drug-likeness (QED) is 0.918. The number of nitrogens with two attached hydrogens (primary N) is 1. The van der Waals surface area contributed by atoms with Crippen LogP contribution in [0.25, 0.3) is 0 Å². The van der Waals surface area contributed by atoms with E-state index in [0.717, 1.165) is 10.6 Å². The molecule has 0 bridgehead atoms. The lowest BCUT2D eigenvalue weighted by Gasteiger charge is -2.20. The first-order valence-electron chi connectivity index (χ1n) is 6.41. The minimum Gasteiger partial charge on any atom is -0.480 e. The van der Waals surface area contributed by atoms with Gasteiger partial charge in [0.25, 0.3) is 0 Å². The van der Waals surface area contributed by atoms with E-state index >= 15 is 0 Å². The van der Waals surface area contributed by atoms with Gasteiger partial charge in [-0.3, -0.25) is 0 Å². The van der Waals surface area contributed by atoms with Crippen molar-refractivity contribution in [1.29, 1.82) is 0 Å². The van der Waals surface area contributed by atoms with Crippen molar-refractivity contribution in [2.45, 2.75) is 32.2 Å². The zero-order chi connectivity index (χ0) is 15.6. The predicted molar refractivity (Wildman–Crippen MR) is 79.8 cm³/mol. The summed E-state index contributed by atoms with van der Waals surface area (Å²) in [6.07, 6.45) is 1.52.